The third-order valence-corrected chi connectivity index (χ3v) is 3.17. The second-order valence-corrected chi connectivity index (χ2v) is 5.26. The van der Waals surface area contributed by atoms with Gasteiger partial charge in [-0.3, -0.25) is 5.43 Å². The van der Waals surface area contributed by atoms with Crippen LogP contribution in [0.5, 0.6) is 0 Å². The maximum absolute atomic E-state index is 4.45. The van der Waals surface area contributed by atoms with Crippen molar-refractivity contribution >= 4 is 17.8 Å². The Morgan fingerprint density at radius 3 is 2.40 bits per heavy atom. The van der Waals surface area contributed by atoms with Crippen LogP contribution in [0.4, 0.5) is 17.8 Å². The van der Waals surface area contributed by atoms with Crippen molar-refractivity contribution in [3.63, 3.8) is 0 Å². The number of hydrazine groups is 1. The number of nitrogens with one attached hydrogen (secondary N) is 2. The molecule has 2 N–H and O–H groups in total. The highest BCUT2D eigenvalue weighted by Crippen LogP contribution is 2.14. The SMILES string of the molecule is CCCNc1nc(NN2CCCCC2)nc(N(C)C)n1. The largest absolute Gasteiger partial charge is 0.354 e. The van der Waals surface area contributed by atoms with Crippen LogP contribution in [-0.2, 0) is 0 Å². The quantitative estimate of drug-likeness (QED) is 0.819. The van der Waals surface area contributed by atoms with Crippen LogP contribution in [0.1, 0.15) is 32.6 Å². The van der Waals surface area contributed by atoms with Crippen molar-refractivity contribution < 1.29 is 0 Å². The van der Waals surface area contributed by atoms with E-state index in [9.17, 15) is 0 Å². The molecule has 0 radical (unpaired) electrons. The molecule has 1 aliphatic heterocycles. The van der Waals surface area contributed by atoms with Crippen LogP contribution >= 0.6 is 0 Å². The third kappa shape index (κ3) is 4.19. The highest BCUT2D eigenvalue weighted by atomic mass is 15.5. The van der Waals surface area contributed by atoms with E-state index in [4.69, 9.17) is 0 Å². The lowest BCUT2D eigenvalue weighted by Crippen LogP contribution is -2.35. The van der Waals surface area contributed by atoms with Gasteiger partial charge in [0.2, 0.25) is 17.8 Å². The Bertz CT molecular complexity index is 415. The molecule has 112 valence electrons. The maximum Gasteiger partial charge on any atom is 0.244 e. The minimum atomic E-state index is 0.615. The fourth-order valence-corrected chi connectivity index (χ4v) is 2.08. The Labute approximate surface area is 120 Å². The first-order chi connectivity index (χ1) is 9.69. The zero-order valence-electron chi connectivity index (χ0n) is 12.7. The predicted octanol–water partition coefficient (Wildman–Crippen LogP) is 1.57. The summed E-state index contributed by atoms with van der Waals surface area (Å²) in [5.74, 6) is 1.91. The third-order valence-electron chi connectivity index (χ3n) is 3.17. The van der Waals surface area contributed by atoms with Crippen molar-refractivity contribution in [2.75, 3.05) is 49.4 Å². The number of hydrogen-bond donors (Lipinski definition) is 2. The van der Waals surface area contributed by atoms with Crippen LogP contribution in [-0.4, -0.2) is 53.7 Å². The van der Waals surface area contributed by atoms with E-state index >= 15 is 0 Å². The lowest BCUT2D eigenvalue weighted by Gasteiger charge is -2.27. The second kappa shape index (κ2) is 7.23. The van der Waals surface area contributed by atoms with Crippen LogP contribution in [0.15, 0.2) is 0 Å². The summed E-state index contributed by atoms with van der Waals surface area (Å²) in [5, 5.41) is 5.40. The van der Waals surface area contributed by atoms with E-state index in [1.165, 1.54) is 19.3 Å². The molecule has 0 saturated carbocycles. The van der Waals surface area contributed by atoms with Gasteiger partial charge in [-0.2, -0.15) is 15.0 Å². The van der Waals surface area contributed by atoms with Gasteiger partial charge >= 0.3 is 0 Å². The molecule has 2 heterocycles. The zero-order valence-corrected chi connectivity index (χ0v) is 12.7. The molecule has 2 rings (SSSR count). The minimum Gasteiger partial charge on any atom is -0.354 e. The van der Waals surface area contributed by atoms with Gasteiger partial charge in [0, 0.05) is 33.7 Å². The van der Waals surface area contributed by atoms with E-state index in [1.807, 2.05) is 19.0 Å². The molecule has 7 nitrogen and oxygen atoms in total. The number of rotatable bonds is 6. The fourth-order valence-electron chi connectivity index (χ4n) is 2.08. The van der Waals surface area contributed by atoms with Gasteiger partial charge in [-0.05, 0) is 19.3 Å². The van der Waals surface area contributed by atoms with E-state index < -0.39 is 0 Å². The van der Waals surface area contributed by atoms with Gasteiger partial charge in [0.25, 0.3) is 0 Å². The summed E-state index contributed by atoms with van der Waals surface area (Å²) in [6, 6.07) is 0. The lowest BCUT2D eigenvalue weighted by atomic mass is 10.2. The molecule has 0 unspecified atom stereocenters. The molecule has 0 aliphatic carbocycles. The van der Waals surface area contributed by atoms with Gasteiger partial charge in [0.1, 0.15) is 0 Å². The Morgan fingerprint density at radius 1 is 1.05 bits per heavy atom. The molecule has 0 aromatic carbocycles. The van der Waals surface area contributed by atoms with E-state index in [0.717, 1.165) is 26.1 Å². The molecule has 0 atom stereocenters. The summed E-state index contributed by atoms with van der Waals surface area (Å²) in [4.78, 5) is 15.2. The second-order valence-electron chi connectivity index (χ2n) is 5.26. The fraction of sp³-hybridized carbons (Fsp3) is 0.769. The van der Waals surface area contributed by atoms with Gasteiger partial charge in [-0.1, -0.05) is 13.3 Å². The van der Waals surface area contributed by atoms with Crippen LogP contribution in [0.25, 0.3) is 0 Å². The molecular formula is C13H25N7. The molecule has 7 heteroatoms. The van der Waals surface area contributed by atoms with Gasteiger partial charge < -0.3 is 10.2 Å². The molecule has 1 fully saturated rings. The monoisotopic (exact) mass is 279 g/mol. The summed E-state index contributed by atoms with van der Waals surface area (Å²) in [5.41, 5.74) is 3.30. The average Bonchev–Trinajstić information content (AvgIpc) is 2.46. The number of piperidine rings is 1. The van der Waals surface area contributed by atoms with Crippen molar-refractivity contribution in [2.45, 2.75) is 32.6 Å². The summed E-state index contributed by atoms with van der Waals surface area (Å²) in [7, 11) is 3.87. The predicted molar refractivity (Wildman–Crippen MR) is 82.0 cm³/mol. The molecule has 1 aromatic heterocycles. The highest BCUT2D eigenvalue weighted by Gasteiger charge is 2.13. The van der Waals surface area contributed by atoms with E-state index in [1.54, 1.807) is 0 Å². The van der Waals surface area contributed by atoms with Crippen LogP contribution in [0.2, 0.25) is 0 Å². The summed E-state index contributed by atoms with van der Waals surface area (Å²) < 4.78 is 0. The Kier molecular flexibility index (Phi) is 5.34. The number of hydrogen-bond acceptors (Lipinski definition) is 7. The van der Waals surface area contributed by atoms with E-state index in [0.29, 0.717) is 17.8 Å². The minimum absolute atomic E-state index is 0.615. The average molecular weight is 279 g/mol. The molecule has 0 spiro atoms. The smallest absolute Gasteiger partial charge is 0.244 e. The molecule has 0 bridgehead atoms. The number of anilines is 3. The standard InChI is InChI=1S/C13H25N7/c1-4-8-14-11-15-12(17-13(16-11)19(2)3)18-20-9-6-5-7-10-20/h4-10H2,1-3H3,(H2,14,15,16,17,18). The zero-order chi connectivity index (χ0) is 14.4. The van der Waals surface area contributed by atoms with Crippen LogP contribution in [0.3, 0.4) is 0 Å². The van der Waals surface area contributed by atoms with Gasteiger partial charge in [-0.15, -0.1) is 0 Å². The lowest BCUT2D eigenvalue weighted by molar-refractivity contribution is 0.271. The molecule has 1 saturated heterocycles. The van der Waals surface area contributed by atoms with Gasteiger partial charge in [0.05, 0.1) is 0 Å². The molecule has 1 aliphatic rings. The van der Waals surface area contributed by atoms with Gasteiger partial charge in [-0.25, -0.2) is 5.01 Å². The van der Waals surface area contributed by atoms with Crippen LogP contribution < -0.4 is 15.6 Å². The summed E-state index contributed by atoms with van der Waals surface area (Å²) in [6.45, 7) is 5.06. The summed E-state index contributed by atoms with van der Waals surface area (Å²) >= 11 is 0. The normalized spacial score (nSPS) is 15.9. The topological polar surface area (TPSA) is 69.2 Å². The number of aromatic nitrogens is 3. The van der Waals surface area contributed by atoms with Crippen molar-refractivity contribution in [1.29, 1.82) is 0 Å². The Hall–Kier alpha value is -1.63. The number of nitrogens with zero attached hydrogens (tertiary/aromatic N) is 5. The van der Waals surface area contributed by atoms with Crippen molar-refractivity contribution in [2.24, 2.45) is 0 Å². The first-order valence-corrected chi connectivity index (χ1v) is 7.38. The molecule has 0 amide bonds. The van der Waals surface area contributed by atoms with Crippen molar-refractivity contribution in [3.05, 3.63) is 0 Å². The van der Waals surface area contributed by atoms with E-state index in [-0.39, 0.29) is 0 Å². The Morgan fingerprint density at radius 2 is 1.75 bits per heavy atom. The molecule has 1 aromatic rings. The highest BCUT2D eigenvalue weighted by molar-refractivity contribution is 5.42. The van der Waals surface area contributed by atoms with Crippen molar-refractivity contribution in [3.8, 4) is 0 Å². The first-order valence-electron chi connectivity index (χ1n) is 7.38. The molecular weight excluding hydrogens is 254 g/mol. The Balaban J connectivity index is 2.10. The van der Waals surface area contributed by atoms with Gasteiger partial charge in [0.15, 0.2) is 0 Å². The van der Waals surface area contributed by atoms with Crippen LogP contribution in [0, 0.1) is 0 Å². The maximum atomic E-state index is 4.45. The molecule has 20 heavy (non-hydrogen) atoms. The van der Waals surface area contributed by atoms with Crippen molar-refractivity contribution in [1.82, 2.24) is 20.0 Å². The first kappa shape index (κ1) is 14.8. The summed E-state index contributed by atoms with van der Waals surface area (Å²) in [6.07, 6.45) is 4.79. The van der Waals surface area contributed by atoms with E-state index in [2.05, 4.69) is 37.6 Å².